The van der Waals surface area contributed by atoms with Crippen LogP contribution in [0.2, 0.25) is 0 Å². The van der Waals surface area contributed by atoms with E-state index in [1.807, 2.05) is 7.05 Å². The lowest BCUT2D eigenvalue weighted by Gasteiger charge is -2.29. The Bertz CT molecular complexity index is 463. The largest absolute Gasteiger partial charge is 0.490 e. The van der Waals surface area contributed by atoms with E-state index < -0.39 is 4.92 Å². The summed E-state index contributed by atoms with van der Waals surface area (Å²) in [5.74, 6) is 0.289. The van der Waals surface area contributed by atoms with Crippen molar-refractivity contribution >= 4 is 11.4 Å². The lowest BCUT2D eigenvalue weighted by atomic mass is 10.1. The van der Waals surface area contributed by atoms with E-state index in [1.165, 1.54) is 13.2 Å². The highest BCUT2D eigenvalue weighted by Gasteiger charge is 2.18. The zero-order chi connectivity index (χ0) is 15.3. The first-order valence-electron chi connectivity index (χ1n) is 6.60. The molecule has 0 heterocycles. The fourth-order valence-electron chi connectivity index (χ4n) is 2.13. The topological polar surface area (TPSA) is 58.9 Å². The number of rotatable bonds is 7. The van der Waals surface area contributed by atoms with Gasteiger partial charge in [0.1, 0.15) is 0 Å². The molecule has 1 unspecified atom stereocenters. The van der Waals surface area contributed by atoms with E-state index in [2.05, 4.69) is 30.8 Å². The molecule has 6 nitrogen and oxygen atoms in total. The molecule has 0 saturated heterocycles. The van der Waals surface area contributed by atoms with E-state index in [-0.39, 0.29) is 11.4 Å². The van der Waals surface area contributed by atoms with Crippen molar-refractivity contribution in [1.29, 1.82) is 0 Å². The fourth-order valence-corrected chi connectivity index (χ4v) is 2.13. The van der Waals surface area contributed by atoms with Gasteiger partial charge in [-0.3, -0.25) is 10.1 Å². The molecule has 0 bridgehead atoms. The summed E-state index contributed by atoms with van der Waals surface area (Å²) in [4.78, 5) is 14.7. The number of nitrogens with zero attached hydrogens (tertiary/aromatic N) is 3. The highest BCUT2D eigenvalue weighted by Crippen LogP contribution is 2.31. The van der Waals surface area contributed by atoms with Gasteiger partial charge in [0.2, 0.25) is 0 Å². The average molecular weight is 281 g/mol. The van der Waals surface area contributed by atoms with E-state index in [1.54, 1.807) is 12.1 Å². The molecule has 0 aliphatic heterocycles. The minimum atomic E-state index is -0.433. The lowest BCUT2D eigenvalue weighted by Crippen LogP contribution is -2.38. The van der Waals surface area contributed by atoms with Gasteiger partial charge in [0, 0.05) is 37.5 Å². The molecule has 20 heavy (non-hydrogen) atoms. The molecule has 1 rings (SSSR count). The van der Waals surface area contributed by atoms with Crippen molar-refractivity contribution < 1.29 is 9.66 Å². The summed E-state index contributed by atoms with van der Waals surface area (Å²) in [6.45, 7) is 3.00. The Balaban J connectivity index is 2.93. The molecular weight excluding hydrogens is 258 g/mol. The molecule has 0 fully saturated rings. The van der Waals surface area contributed by atoms with Gasteiger partial charge in [0.05, 0.1) is 12.0 Å². The van der Waals surface area contributed by atoms with Crippen LogP contribution >= 0.6 is 0 Å². The van der Waals surface area contributed by atoms with Crippen LogP contribution in [0.4, 0.5) is 11.4 Å². The van der Waals surface area contributed by atoms with Gasteiger partial charge < -0.3 is 14.5 Å². The molecule has 0 radical (unpaired) electrons. The molecule has 1 aromatic carbocycles. The van der Waals surface area contributed by atoms with Crippen LogP contribution in [0.3, 0.4) is 0 Å². The molecule has 0 spiro atoms. The third-order valence-electron chi connectivity index (χ3n) is 3.49. The van der Waals surface area contributed by atoms with Crippen LogP contribution in [0.25, 0.3) is 0 Å². The predicted octanol–water partition coefficient (Wildman–Crippen LogP) is 2.38. The predicted molar refractivity (Wildman–Crippen MR) is 80.7 cm³/mol. The monoisotopic (exact) mass is 281 g/mol. The van der Waals surface area contributed by atoms with E-state index in [0.717, 1.165) is 18.7 Å². The number of nitro groups is 1. The molecular formula is C14H23N3O3. The van der Waals surface area contributed by atoms with Crippen molar-refractivity contribution in [3.8, 4) is 5.75 Å². The summed E-state index contributed by atoms with van der Waals surface area (Å²) >= 11 is 0. The maximum atomic E-state index is 10.9. The molecule has 1 atom stereocenters. The third kappa shape index (κ3) is 3.84. The molecule has 0 N–H and O–H groups in total. The number of nitro benzene ring substituents is 1. The van der Waals surface area contributed by atoms with E-state index in [4.69, 9.17) is 4.74 Å². The van der Waals surface area contributed by atoms with Crippen LogP contribution in [0.5, 0.6) is 5.75 Å². The molecule has 0 aliphatic rings. The molecule has 0 aromatic heterocycles. The molecule has 0 aliphatic carbocycles. The summed E-state index contributed by atoms with van der Waals surface area (Å²) in [5, 5.41) is 10.9. The number of methoxy groups -OCH3 is 1. The Morgan fingerprint density at radius 1 is 1.35 bits per heavy atom. The summed E-state index contributed by atoms with van der Waals surface area (Å²) in [6, 6.07) is 5.38. The van der Waals surface area contributed by atoms with E-state index in [9.17, 15) is 10.1 Å². The SMILES string of the molecule is CCC(CN(C)c1ccc([N+](=O)[O-])c(OC)c1)N(C)C. The second-order valence-electron chi connectivity index (χ2n) is 5.02. The molecule has 0 saturated carbocycles. The van der Waals surface area contributed by atoms with Crippen LogP contribution in [-0.2, 0) is 0 Å². The maximum absolute atomic E-state index is 10.9. The summed E-state index contributed by atoms with van der Waals surface area (Å²) in [6.07, 6.45) is 1.04. The Labute approximate surface area is 120 Å². The number of anilines is 1. The van der Waals surface area contributed by atoms with Gasteiger partial charge in [-0.1, -0.05) is 6.92 Å². The molecule has 1 aromatic rings. The average Bonchev–Trinajstić information content (AvgIpc) is 2.43. The quantitative estimate of drug-likeness (QED) is 0.567. The number of hydrogen-bond donors (Lipinski definition) is 0. The van der Waals surface area contributed by atoms with Gasteiger partial charge in [0.25, 0.3) is 0 Å². The third-order valence-corrected chi connectivity index (χ3v) is 3.49. The van der Waals surface area contributed by atoms with Gasteiger partial charge >= 0.3 is 5.69 Å². The lowest BCUT2D eigenvalue weighted by molar-refractivity contribution is -0.385. The Morgan fingerprint density at radius 2 is 2.00 bits per heavy atom. The van der Waals surface area contributed by atoms with Gasteiger partial charge in [-0.25, -0.2) is 0 Å². The zero-order valence-electron chi connectivity index (χ0n) is 12.8. The second kappa shape index (κ2) is 7.09. The second-order valence-corrected chi connectivity index (χ2v) is 5.02. The smallest absolute Gasteiger partial charge is 0.311 e. The van der Waals surface area contributed by atoms with Crippen molar-refractivity contribution in [2.75, 3.05) is 39.7 Å². The molecule has 6 heteroatoms. The Morgan fingerprint density at radius 3 is 2.45 bits per heavy atom. The minimum absolute atomic E-state index is 0.00991. The van der Waals surface area contributed by atoms with Crippen molar-refractivity contribution in [3.05, 3.63) is 28.3 Å². The maximum Gasteiger partial charge on any atom is 0.311 e. The van der Waals surface area contributed by atoms with Gasteiger partial charge in [-0.15, -0.1) is 0 Å². The van der Waals surface area contributed by atoms with Crippen molar-refractivity contribution in [3.63, 3.8) is 0 Å². The van der Waals surface area contributed by atoms with Crippen molar-refractivity contribution in [2.45, 2.75) is 19.4 Å². The van der Waals surface area contributed by atoms with Gasteiger partial charge in [-0.05, 0) is 26.6 Å². The van der Waals surface area contributed by atoms with E-state index in [0.29, 0.717) is 6.04 Å². The summed E-state index contributed by atoms with van der Waals surface area (Å²) < 4.78 is 5.10. The summed E-state index contributed by atoms with van der Waals surface area (Å²) in [5.41, 5.74) is 0.900. The standard InChI is InChI=1S/C14H23N3O3/c1-6-11(15(2)3)10-16(4)12-7-8-13(17(18)19)14(9-12)20-5/h7-9,11H,6,10H2,1-5H3. The highest BCUT2D eigenvalue weighted by molar-refractivity contribution is 5.59. The zero-order valence-corrected chi connectivity index (χ0v) is 12.8. The van der Waals surface area contributed by atoms with Crippen LogP contribution in [0.15, 0.2) is 18.2 Å². The normalized spacial score (nSPS) is 12.3. The molecule has 112 valence electrons. The highest BCUT2D eigenvalue weighted by atomic mass is 16.6. The van der Waals surface area contributed by atoms with Gasteiger partial charge in [0.15, 0.2) is 5.75 Å². The molecule has 0 amide bonds. The fraction of sp³-hybridized carbons (Fsp3) is 0.571. The van der Waals surface area contributed by atoms with Crippen LogP contribution in [0.1, 0.15) is 13.3 Å². The first-order chi connectivity index (χ1) is 9.40. The Kier molecular flexibility index (Phi) is 5.76. The first-order valence-corrected chi connectivity index (χ1v) is 6.60. The Hall–Kier alpha value is -1.82. The van der Waals surface area contributed by atoms with Gasteiger partial charge in [-0.2, -0.15) is 0 Å². The van der Waals surface area contributed by atoms with Crippen LogP contribution in [-0.4, -0.2) is 50.7 Å². The van der Waals surface area contributed by atoms with Crippen molar-refractivity contribution in [1.82, 2.24) is 4.90 Å². The van der Waals surface area contributed by atoms with Crippen LogP contribution < -0.4 is 9.64 Å². The van der Waals surface area contributed by atoms with Crippen molar-refractivity contribution in [2.24, 2.45) is 0 Å². The number of benzene rings is 1. The van der Waals surface area contributed by atoms with Crippen LogP contribution in [0, 0.1) is 10.1 Å². The van der Waals surface area contributed by atoms with E-state index >= 15 is 0 Å². The summed E-state index contributed by atoms with van der Waals surface area (Å²) in [7, 11) is 7.53. The minimum Gasteiger partial charge on any atom is -0.490 e. The number of likely N-dealkylation sites (N-methyl/N-ethyl adjacent to an activating group) is 2. The first kappa shape index (κ1) is 16.2. The number of hydrogen-bond acceptors (Lipinski definition) is 5. The number of ether oxygens (including phenoxy) is 1.